The number of halogens is 5. The number of esters is 1. The topological polar surface area (TPSA) is 52.3 Å². The molecule has 0 bridgehead atoms. The molecule has 2 N–H and O–H groups in total. The zero-order valence-electron chi connectivity index (χ0n) is 9.83. The van der Waals surface area contributed by atoms with E-state index in [1.54, 1.807) is 0 Å². The van der Waals surface area contributed by atoms with E-state index in [0.717, 1.165) is 0 Å². The summed E-state index contributed by atoms with van der Waals surface area (Å²) in [5.41, 5.74) is 5.27. The first-order valence-electron chi connectivity index (χ1n) is 5.06. The third-order valence-electron chi connectivity index (χ3n) is 2.25. The summed E-state index contributed by atoms with van der Waals surface area (Å²) in [6.07, 6.45) is 0. The largest absolute Gasteiger partial charge is 0.462 e. The fourth-order valence-corrected chi connectivity index (χ4v) is 1.74. The summed E-state index contributed by atoms with van der Waals surface area (Å²) in [6, 6.07) is 2.22. The van der Waals surface area contributed by atoms with E-state index < -0.39 is 17.9 Å². The monoisotopic (exact) mass is 333 g/mol. The molecule has 0 saturated carbocycles. The number of carbonyl (C=O) groups is 1. The Kier molecular flexibility index (Phi) is 7.00. The quantitative estimate of drug-likeness (QED) is 0.856. The molecule has 1 rings (SSSR count). The van der Waals surface area contributed by atoms with Gasteiger partial charge in [-0.1, -0.05) is 35.3 Å². The molecule has 1 aromatic rings. The van der Waals surface area contributed by atoms with Crippen molar-refractivity contribution in [2.45, 2.75) is 18.9 Å². The smallest absolute Gasteiger partial charge is 0.379 e. The molecular weight excluding hydrogens is 322 g/mol. The molecule has 8 heteroatoms. The zero-order chi connectivity index (χ0) is 13.9. The van der Waals surface area contributed by atoms with Crippen LogP contribution in [0.1, 0.15) is 18.5 Å². The van der Waals surface area contributed by atoms with Crippen molar-refractivity contribution in [1.82, 2.24) is 0 Å². The van der Waals surface area contributed by atoms with Gasteiger partial charge in [-0.2, -0.15) is 8.78 Å². The lowest BCUT2D eigenvalue weighted by Gasteiger charge is -2.22. The Morgan fingerprint density at radius 3 is 2.58 bits per heavy atom. The molecule has 108 valence electrons. The van der Waals surface area contributed by atoms with Gasteiger partial charge in [0.2, 0.25) is 0 Å². The summed E-state index contributed by atoms with van der Waals surface area (Å²) in [5.74, 6) is -5.56. The highest BCUT2D eigenvalue weighted by molar-refractivity contribution is 6.42. The van der Waals surface area contributed by atoms with Gasteiger partial charge in [0.15, 0.2) is 0 Å². The second-order valence-corrected chi connectivity index (χ2v) is 4.25. The Morgan fingerprint density at radius 1 is 1.47 bits per heavy atom. The lowest BCUT2D eigenvalue weighted by molar-refractivity contribution is -0.174. The molecule has 3 nitrogen and oxygen atoms in total. The van der Waals surface area contributed by atoms with Gasteiger partial charge in [0.05, 0.1) is 16.7 Å². The molecule has 0 spiro atoms. The van der Waals surface area contributed by atoms with E-state index in [1.165, 1.54) is 25.1 Å². The van der Waals surface area contributed by atoms with Crippen molar-refractivity contribution in [3.05, 3.63) is 33.8 Å². The Morgan fingerprint density at radius 2 is 2.05 bits per heavy atom. The number of nitrogens with two attached hydrogens (primary N) is 1. The van der Waals surface area contributed by atoms with Gasteiger partial charge in [0.25, 0.3) is 0 Å². The molecule has 0 fully saturated rings. The predicted octanol–water partition coefficient (Wildman–Crippen LogP) is 3.61. The van der Waals surface area contributed by atoms with E-state index in [1.807, 2.05) is 0 Å². The maximum atomic E-state index is 13.7. The van der Waals surface area contributed by atoms with Gasteiger partial charge >= 0.3 is 11.9 Å². The Balaban J connectivity index is 0.00000324. The van der Waals surface area contributed by atoms with E-state index in [2.05, 4.69) is 4.74 Å². The lowest BCUT2D eigenvalue weighted by atomic mass is 10.0. The molecule has 1 atom stereocenters. The van der Waals surface area contributed by atoms with E-state index in [4.69, 9.17) is 28.9 Å². The minimum atomic E-state index is -3.87. The Hall–Kier alpha value is -0.620. The fraction of sp³-hybridized carbons (Fsp3) is 0.364. The van der Waals surface area contributed by atoms with Crippen LogP contribution in [0.5, 0.6) is 0 Å². The number of alkyl halides is 2. The second kappa shape index (κ2) is 7.24. The number of benzene rings is 1. The van der Waals surface area contributed by atoms with Gasteiger partial charge in [-0.3, -0.25) is 0 Å². The SMILES string of the molecule is CCOC(=O)C(F)(F)[C@@H](N)c1cccc(Cl)c1Cl.Cl. The van der Waals surface area contributed by atoms with Crippen molar-refractivity contribution >= 4 is 41.6 Å². The number of ether oxygens (including phenoxy) is 1. The van der Waals surface area contributed by atoms with Crippen LogP contribution in [-0.4, -0.2) is 18.5 Å². The highest BCUT2D eigenvalue weighted by Crippen LogP contribution is 2.36. The van der Waals surface area contributed by atoms with Gasteiger partial charge < -0.3 is 10.5 Å². The molecule has 0 aliphatic carbocycles. The molecular formula is C11H12Cl3F2NO2. The molecule has 0 radical (unpaired) electrons. The first-order chi connectivity index (χ1) is 8.32. The van der Waals surface area contributed by atoms with Gasteiger partial charge in [-0.05, 0) is 18.6 Å². The maximum Gasteiger partial charge on any atom is 0.379 e. The molecule has 1 aromatic carbocycles. The predicted molar refractivity (Wildman–Crippen MR) is 72.2 cm³/mol. The summed E-state index contributed by atoms with van der Waals surface area (Å²) in [6.45, 7) is 1.26. The van der Waals surface area contributed by atoms with Crippen molar-refractivity contribution in [1.29, 1.82) is 0 Å². The highest BCUT2D eigenvalue weighted by atomic mass is 35.5. The lowest BCUT2D eigenvalue weighted by Crippen LogP contribution is -2.41. The van der Waals surface area contributed by atoms with Crippen LogP contribution in [-0.2, 0) is 9.53 Å². The summed E-state index contributed by atoms with van der Waals surface area (Å²) in [5, 5.41) is -0.0140. The van der Waals surface area contributed by atoms with Crippen molar-refractivity contribution in [2.24, 2.45) is 5.73 Å². The van der Waals surface area contributed by atoms with Crippen LogP contribution in [0.25, 0.3) is 0 Å². The standard InChI is InChI=1S/C11H11Cl2F2NO2.ClH/c1-2-18-10(17)11(14,15)9(16)6-4-3-5-7(12)8(6)13;/h3-5,9H,2,16H2,1H3;1H/t9-;/m0./s1. The van der Waals surface area contributed by atoms with Crippen LogP contribution in [0.2, 0.25) is 10.0 Å². The van der Waals surface area contributed by atoms with Crippen molar-refractivity contribution in [3.8, 4) is 0 Å². The van der Waals surface area contributed by atoms with Gasteiger partial charge in [0, 0.05) is 0 Å². The molecule has 0 saturated heterocycles. The average molecular weight is 335 g/mol. The minimum absolute atomic E-state index is 0. The van der Waals surface area contributed by atoms with E-state index in [9.17, 15) is 13.6 Å². The van der Waals surface area contributed by atoms with Crippen LogP contribution < -0.4 is 5.73 Å². The van der Waals surface area contributed by atoms with E-state index in [-0.39, 0.29) is 34.6 Å². The summed E-state index contributed by atoms with van der Waals surface area (Å²) < 4.78 is 31.7. The molecule has 19 heavy (non-hydrogen) atoms. The first kappa shape index (κ1) is 18.4. The Bertz CT molecular complexity index is 458. The molecule has 0 heterocycles. The van der Waals surface area contributed by atoms with Gasteiger partial charge in [-0.25, -0.2) is 4.79 Å². The number of rotatable bonds is 4. The van der Waals surface area contributed by atoms with Crippen LogP contribution >= 0.6 is 35.6 Å². The van der Waals surface area contributed by atoms with Crippen molar-refractivity contribution in [3.63, 3.8) is 0 Å². The molecule has 0 aliphatic rings. The summed E-state index contributed by atoms with van der Waals surface area (Å²) in [7, 11) is 0. The molecule has 0 amide bonds. The van der Waals surface area contributed by atoms with Crippen molar-refractivity contribution in [2.75, 3.05) is 6.61 Å². The zero-order valence-corrected chi connectivity index (χ0v) is 12.2. The Labute approximate surface area is 125 Å². The van der Waals surface area contributed by atoms with Crippen LogP contribution in [0.15, 0.2) is 18.2 Å². The third-order valence-corrected chi connectivity index (χ3v) is 3.09. The number of carbonyl (C=O) groups excluding carboxylic acids is 1. The van der Waals surface area contributed by atoms with E-state index in [0.29, 0.717) is 0 Å². The third kappa shape index (κ3) is 3.92. The van der Waals surface area contributed by atoms with Gasteiger partial charge in [-0.15, -0.1) is 12.4 Å². The molecule has 0 aromatic heterocycles. The molecule has 0 aliphatic heterocycles. The van der Waals surface area contributed by atoms with Gasteiger partial charge in [0.1, 0.15) is 6.04 Å². The minimum Gasteiger partial charge on any atom is -0.462 e. The highest BCUT2D eigenvalue weighted by Gasteiger charge is 2.48. The molecule has 0 unspecified atom stereocenters. The van der Waals surface area contributed by atoms with Crippen LogP contribution in [0, 0.1) is 0 Å². The maximum absolute atomic E-state index is 13.7. The normalized spacial score (nSPS) is 12.5. The fourth-order valence-electron chi connectivity index (χ4n) is 1.31. The number of hydrogen-bond donors (Lipinski definition) is 1. The summed E-state index contributed by atoms with van der Waals surface area (Å²) in [4.78, 5) is 11.1. The van der Waals surface area contributed by atoms with E-state index >= 15 is 0 Å². The summed E-state index contributed by atoms with van der Waals surface area (Å²) >= 11 is 11.5. The van der Waals surface area contributed by atoms with Crippen LogP contribution in [0.3, 0.4) is 0 Å². The second-order valence-electron chi connectivity index (χ2n) is 3.46. The van der Waals surface area contributed by atoms with Crippen molar-refractivity contribution < 1.29 is 18.3 Å². The number of hydrogen-bond acceptors (Lipinski definition) is 3. The first-order valence-corrected chi connectivity index (χ1v) is 5.82. The average Bonchev–Trinajstić information content (AvgIpc) is 2.32. The van der Waals surface area contributed by atoms with Crippen LogP contribution in [0.4, 0.5) is 8.78 Å².